The second-order valence-electron chi connectivity index (χ2n) is 5.68. The van der Waals surface area contributed by atoms with Crippen LogP contribution in [0.3, 0.4) is 0 Å². The topological polar surface area (TPSA) is 107 Å². The molecule has 21 heavy (non-hydrogen) atoms. The van der Waals surface area contributed by atoms with Gasteiger partial charge in [0.25, 0.3) is 0 Å². The van der Waals surface area contributed by atoms with Crippen molar-refractivity contribution in [2.24, 2.45) is 11.1 Å². The Bertz CT molecular complexity index is 541. The summed E-state index contributed by atoms with van der Waals surface area (Å²) in [5.41, 5.74) is 4.63. The molecule has 0 aliphatic carbocycles. The maximum absolute atomic E-state index is 11.3. The number of hydrogen-bond acceptors (Lipinski definition) is 5. The van der Waals surface area contributed by atoms with Crippen molar-refractivity contribution in [1.29, 1.82) is 0 Å². The van der Waals surface area contributed by atoms with Crippen LogP contribution in [0.5, 0.6) is 5.75 Å². The molecule has 0 atom stereocenters. The summed E-state index contributed by atoms with van der Waals surface area (Å²) >= 11 is 0. The van der Waals surface area contributed by atoms with E-state index in [-0.39, 0.29) is 24.1 Å². The monoisotopic (exact) mass is 295 g/mol. The Morgan fingerprint density at radius 1 is 1.48 bits per heavy atom. The fraction of sp³-hybridized carbons (Fsp3) is 0.500. The Kier molecular flexibility index (Phi) is 5.12. The van der Waals surface area contributed by atoms with E-state index in [9.17, 15) is 14.9 Å². The molecule has 1 aromatic rings. The fourth-order valence-electron chi connectivity index (χ4n) is 1.61. The summed E-state index contributed by atoms with van der Waals surface area (Å²) in [5, 5.41) is 14.2. The number of benzene rings is 1. The second-order valence-corrected chi connectivity index (χ2v) is 5.68. The molecule has 0 aliphatic heterocycles. The van der Waals surface area contributed by atoms with Crippen molar-refractivity contribution in [1.82, 2.24) is 0 Å². The number of rotatable bonds is 7. The van der Waals surface area contributed by atoms with Gasteiger partial charge in [-0.15, -0.1) is 0 Å². The molecule has 0 aliphatic rings. The lowest BCUT2D eigenvalue weighted by Crippen LogP contribution is -2.37. The van der Waals surface area contributed by atoms with Crippen LogP contribution in [-0.2, 0) is 4.79 Å². The highest BCUT2D eigenvalue weighted by Crippen LogP contribution is 2.35. The van der Waals surface area contributed by atoms with Crippen LogP contribution < -0.4 is 15.8 Å². The van der Waals surface area contributed by atoms with E-state index in [1.165, 1.54) is 0 Å². The van der Waals surface area contributed by atoms with Crippen LogP contribution in [0, 0.1) is 15.5 Å². The summed E-state index contributed by atoms with van der Waals surface area (Å²) in [6.45, 7) is 7.11. The number of nitro benzene ring substituents is 1. The maximum Gasteiger partial charge on any atom is 0.333 e. The summed E-state index contributed by atoms with van der Waals surface area (Å²) in [7, 11) is 0. The van der Waals surface area contributed by atoms with Crippen molar-refractivity contribution in [2.75, 3.05) is 11.9 Å². The lowest BCUT2D eigenvalue weighted by atomic mass is 9.92. The van der Waals surface area contributed by atoms with Crippen LogP contribution in [0.2, 0.25) is 0 Å². The zero-order chi connectivity index (χ0) is 16.2. The van der Waals surface area contributed by atoms with E-state index in [0.717, 1.165) is 0 Å². The molecule has 0 bridgehead atoms. The van der Waals surface area contributed by atoms with Crippen molar-refractivity contribution < 1.29 is 14.5 Å². The first-order valence-electron chi connectivity index (χ1n) is 6.63. The van der Waals surface area contributed by atoms with Crippen LogP contribution >= 0.6 is 0 Å². The molecule has 0 aromatic heterocycles. The minimum atomic E-state index is -0.817. The van der Waals surface area contributed by atoms with Gasteiger partial charge in [-0.3, -0.25) is 14.9 Å². The molecule has 3 N–H and O–H groups in total. The zero-order valence-corrected chi connectivity index (χ0v) is 12.7. The lowest BCUT2D eigenvalue weighted by molar-refractivity contribution is -0.385. The Morgan fingerprint density at radius 2 is 2.10 bits per heavy atom. The molecule has 0 saturated carbocycles. The van der Waals surface area contributed by atoms with E-state index in [4.69, 9.17) is 10.5 Å². The number of carbonyl (C=O) groups is 1. The van der Waals surface area contributed by atoms with Gasteiger partial charge in [-0.25, -0.2) is 0 Å². The van der Waals surface area contributed by atoms with Gasteiger partial charge < -0.3 is 15.8 Å². The Morgan fingerprint density at radius 3 is 2.57 bits per heavy atom. The van der Waals surface area contributed by atoms with Crippen molar-refractivity contribution >= 4 is 17.3 Å². The lowest BCUT2D eigenvalue weighted by Gasteiger charge is -2.21. The van der Waals surface area contributed by atoms with E-state index in [0.29, 0.717) is 5.69 Å². The number of para-hydroxylation sites is 1. The van der Waals surface area contributed by atoms with Gasteiger partial charge in [-0.2, -0.15) is 0 Å². The number of amides is 1. The number of primary amides is 1. The smallest absolute Gasteiger partial charge is 0.333 e. The minimum absolute atomic E-state index is 0.147. The average Bonchev–Trinajstić information content (AvgIpc) is 2.35. The molecule has 0 saturated heterocycles. The van der Waals surface area contributed by atoms with Crippen LogP contribution in [-0.4, -0.2) is 23.5 Å². The molecule has 116 valence electrons. The summed E-state index contributed by atoms with van der Waals surface area (Å²) in [5.74, 6) is -0.288. The number of nitrogens with two attached hydrogens (primary N) is 1. The minimum Gasteiger partial charge on any atom is -0.484 e. The molecule has 7 heteroatoms. The normalized spacial score (nSPS) is 11.3. The van der Waals surface area contributed by atoms with Crippen molar-refractivity contribution in [3.8, 4) is 5.75 Å². The third-order valence-corrected chi connectivity index (χ3v) is 2.93. The number of nitrogens with one attached hydrogen (secondary N) is 1. The Hall–Kier alpha value is -2.31. The third-order valence-electron chi connectivity index (χ3n) is 2.93. The summed E-state index contributed by atoms with van der Waals surface area (Å²) < 4.78 is 5.45. The molecule has 0 unspecified atom stereocenters. The van der Waals surface area contributed by atoms with E-state index >= 15 is 0 Å². The zero-order valence-electron chi connectivity index (χ0n) is 12.7. The number of ether oxygens (including phenoxy) is 1. The summed E-state index contributed by atoms with van der Waals surface area (Å²) in [6, 6.07) is 4.77. The fourth-order valence-corrected chi connectivity index (χ4v) is 1.61. The largest absolute Gasteiger partial charge is 0.484 e. The van der Waals surface area contributed by atoms with E-state index < -0.39 is 16.2 Å². The van der Waals surface area contributed by atoms with E-state index in [1.54, 1.807) is 45.9 Å². The molecule has 0 heterocycles. The molecular formula is C14H21N3O4. The molecule has 1 amide bonds. The SMILES string of the molecule is CC(C)Oc1cccc(NCC(C)(C)C(N)=O)c1[N+](=O)[O-]. The van der Waals surface area contributed by atoms with Crippen LogP contribution in [0.4, 0.5) is 11.4 Å². The predicted octanol–water partition coefficient (Wildman–Crippen LogP) is 2.31. The Labute approximate surface area is 123 Å². The van der Waals surface area contributed by atoms with Gasteiger partial charge in [-0.1, -0.05) is 6.07 Å². The van der Waals surface area contributed by atoms with Crippen molar-refractivity contribution in [3.05, 3.63) is 28.3 Å². The highest BCUT2D eigenvalue weighted by molar-refractivity contribution is 5.81. The summed E-state index contributed by atoms with van der Waals surface area (Å²) in [6.07, 6.45) is -0.180. The Balaban J connectivity index is 3.07. The number of nitrogens with zero attached hydrogens (tertiary/aromatic N) is 1. The van der Waals surface area contributed by atoms with Gasteiger partial charge in [-0.05, 0) is 39.8 Å². The molecule has 1 rings (SSSR count). The highest BCUT2D eigenvalue weighted by Gasteiger charge is 2.27. The van der Waals surface area contributed by atoms with Gasteiger partial charge in [0, 0.05) is 6.54 Å². The molecular weight excluding hydrogens is 274 g/mol. The molecule has 7 nitrogen and oxygen atoms in total. The first kappa shape index (κ1) is 16.7. The average molecular weight is 295 g/mol. The van der Waals surface area contributed by atoms with Crippen molar-refractivity contribution in [2.45, 2.75) is 33.8 Å². The highest BCUT2D eigenvalue weighted by atomic mass is 16.6. The number of anilines is 1. The maximum atomic E-state index is 11.3. The van der Waals surface area contributed by atoms with E-state index in [1.807, 2.05) is 0 Å². The first-order valence-corrected chi connectivity index (χ1v) is 6.63. The molecule has 0 radical (unpaired) electrons. The third kappa shape index (κ3) is 4.34. The number of hydrogen-bond donors (Lipinski definition) is 2. The van der Waals surface area contributed by atoms with Gasteiger partial charge >= 0.3 is 5.69 Å². The summed E-state index contributed by atoms with van der Waals surface area (Å²) in [4.78, 5) is 22.1. The van der Waals surface area contributed by atoms with Gasteiger partial charge in [0.2, 0.25) is 5.91 Å². The first-order chi connectivity index (χ1) is 9.65. The molecule has 1 aromatic carbocycles. The van der Waals surface area contributed by atoms with Crippen LogP contribution in [0.15, 0.2) is 18.2 Å². The predicted molar refractivity (Wildman–Crippen MR) is 80.3 cm³/mol. The van der Waals surface area contributed by atoms with Crippen LogP contribution in [0.1, 0.15) is 27.7 Å². The quantitative estimate of drug-likeness (QED) is 0.592. The van der Waals surface area contributed by atoms with Gasteiger partial charge in [0.1, 0.15) is 5.69 Å². The van der Waals surface area contributed by atoms with Crippen molar-refractivity contribution in [3.63, 3.8) is 0 Å². The van der Waals surface area contributed by atoms with Gasteiger partial charge in [0.15, 0.2) is 5.75 Å². The number of nitro groups is 1. The number of carbonyl (C=O) groups excluding carboxylic acids is 1. The molecule has 0 fully saturated rings. The standard InChI is InChI=1S/C14H21N3O4/c1-9(2)21-11-7-5-6-10(12(11)17(19)20)16-8-14(3,4)13(15)18/h5-7,9,16H,8H2,1-4H3,(H2,15,18). The second kappa shape index (κ2) is 6.43. The molecule has 0 spiro atoms. The van der Waals surface area contributed by atoms with E-state index in [2.05, 4.69) is 5.32 Å². The van der Waals surface area contributed by atoms with Gasteiger partial charge in [0.05, 0.1) is 16.4 Å². The van der Waals surface area contributed by atoms with Crippen LogP contribution in [0.25, 0.3) is 0 Å².